The first-order valence-corrected chi connectivity index (χ1v) is 6.18. The van der Waals surface area contributed by atoms with Crippen molar-refractivity contribution in [1.29, 1.82) is 0 Å². The highest BCUT2D eigenvalue weighted by Gasteiger charge is 2.13. The monoisotopic (exact) mass is 281 g/mol. The third kappa shape index (κ3) is 1.68. The van der Waals surface area contributed by atoms with Crippen LogP contribution in [0.5, 0.6) is 5.75 Å². The van der Waals surface area contributed by atoms with Gasteiger partial charge in [0.1, 0.15) is 11.3 Å². The number of nitrogens with two attached hydrogens (primary N) is 1. The SMILES string of the molecule is COc1c(N)cc(-c2nn3cnnc3s2)cc1Cl. The van der Waals surface area contributed by atoms with Crippen molar-refractivity contribution < 1.29 is 4.74 Å². The molecule has 0 atom stereocenters. The van der Waals surface area contributed by atoms with Crippen molar-refractivity contribution in [3.63, 3.8) is 0 Å². The molecule has 0 unspecified atom stereocenters. The second kappa shape index (κ2) is 4.11. The summed E-state index contributed by atoms with van der Waals surface area (Å²) in [7, 11) is 1.53. The summed E-state index contributed by atoms with van der Waals surface area (Å²) < 4.78 is 6.71. The maximum atomic E-state index is 6.09. The van der Waals surface area contributed by atoms with E-state index in [9.17, 15) is 0 Å². The third-order valence-corrected chi connectivity index (χ3v) is 3.65. The van der Waals surface area contributed by atoms with E-state index in [4.69, 9.17) is 22.1 Å². The molecule has 0 fully saturated rings. The highest BCUT2D eigenvalue weighted by molar-refractivity contribution is 7.19. The highest BCUT2D eigenvalue weighted by Crippen LogP contribution is 2.36. The fourth-order valence-electron chi connectivity index (χ4n) is 1.63. The zero-order valence-corrected chi connectivity index (χ0v) is 10.9. The quantitative estimate of drug-likeness (QED) is 0.728. The van der Waals surface area contributed by atoms with E-state index >= 15 is 0 Å². The minimum atomic E-state index is 0.457. The van der Waals surface area contributed by atoms with Crippen molar-refractivity contribution in [3.05, 3.63) is 23.5 Å². The number of ether oxygens (including phenoxy) is 1. The van der Waals surface area contributed by atoms with Crippen LogP contribution < -0.4 is 10.5 Å². The lowest BCUT2D eigenvalue weighted by Crippen LogP contribution is -1.94. The van der Waals surface area contributed by atoms with Crippen LogP contribution in [0.15, 0.2) is 18.5 Å². The van der Waals surface area contributed by atoms with E-state index in [2.05, 4.69) is 15.3 Å². The van der Waals surface area contributed by atoms with E-state index < -0.39 is 0 Å². The second-order valence-corrected chi connectivity index (χ2v) is 4.91. The van der Waals surface area contributed by atoms with E-state index in [1.807, 2.05) is 0 Å². The Kier molecular flexibility index (Phi) is 2.57. The van der Waals surface area contributed by atoms with Crippen LogP contribution in [0.3, 0.4) is 0 Å². The molecule has 92 valence electrons. The fourth-order valence-corrected chi connectivity index (χ4v) is 2.74. The Labute approximate surface area is 111 Å². The molecule has 0 saturated heterocycles. The molecular formula is C10H8ClN5OS. The van der Waals surface area contributed by atoms with Gasteiger partial charge in [-0.25, -0.2) is 0 Å². The Hall–Kier alpha value is -1.86. The first kappa shape index (κ1) is 11.2. The van der Waals surface area contributed by atoms with Crippen molar-refractivity contribution in [3.8, 4) is 16.3 Å². The van der Waals surface area contributed by atoms with Crippen LogP contribution in [-0.2, 0) is 0 Å². The molecule has 0 aliphatic carbocycles. The van der Waals surface area contributed by atoms with Crippen LogP contribution in [0.25, 0.3) is 15.5 Å². The average molecular weight is 282 g/mol. The molecule has 2 aromatic heterocycles. The van der Waals surface area contributed by atoms with Gasteiger partial charge in [0.15, 0.2) is 5.75 Å². The molecule has 3 rings (SSSR count). The predicted molar refractivity (Wildman–Crippen MR) is 70.1 cm³/mol. The maximum absolute atomic E-state index is 6.09. The summed E-state index contributed by atoms with van der Waals surface area (Å²) in [6, 6.07) is 3.54. The molecule has 0 radical (unpaired) electrons. The molecule has 3 aromatic rings. The van der Waals surface area contributed by atoms with Crippen LogP contribution in [0, 0.1) is 0 Å². The smallest absolute Gasteiger partial charge is 0.234 e. The molecule has 0 amide bonds. The van der Waals surface area contributed by atoms with Gasteiger partial charge in [-0.3, -0.25) is 0 Å². The van der Waals surface area contributed by atoms with Crippen molar-refractivity contribution in [1.82, 2.24) is 19.8 Å². The minimum absolute atomic E-state index is 0.457. The largest absolute Gasteiger partial charge is 0.493 e. The predicted octanol–water partition coefficient (Wildman–Crippen LogP) is 2.10. The zero-order valence-electron chi connectivity index (χ0n) is 9.29. The van der Waals surface area contributed by atoms with E-state index in [1.165, 1.54) is 18.4 Å². The first-order valence-electron chi connectivity index (χ1n) is 4.99. The van der Waals surface area contributed by atoms with Crippen molar-refractivity contribution in [2.75, 3.05) is 12.8 Å². The molecule has 0 aliphatic rings. The number of nitrogens with zero attached hydrogens (tertiary/aromatic N) is 4. The summed E-state index contributed by atoms with van der Waals surface area (Å²) in [6.45, 7) is 0. The van der Waals surface area contributed by atoms with Crippen molar-refractivity contribution >= 4 is 33.6 Å². The van der Waals surface area contributed by atoms with Gasteiger partial charge in [0.2, 0.25) is 4.96 Å². The summed E-state index contributed by atoms with van der Waals surface area (Å²) in [5, 5.41) is 13.2. The summed E-state index contributed by atoms with van der Waals surface area (Å²) in [6.07, 6.45) is 1.55. The van der Waals surface area contributed by atoms with E-state index in [0.717, 1.165) is 15.5 Å². The summed E-state index contributed by atoms with van der Waals surface area (Å²) in [4.78, 5) is 0.718. The second-order valence-electron chi connectivity index (χ2n) is 3.55. The van der Waals surface area contributed by atoms with Gasteiger partial charge in [-0.15, -0.1) is 10.2 Å². The molecule has 6 nitrogen and oxygen atoms in total. The number of hydrogen-bond donors (Lipinski definition) is 1. The van der Waals surface area contributed by atoms with E-state index in [-0.39, 0.29) is 0 Å². The maximum Gasteiger partial charge on any atom is 0.234 e. The minimum Gasteiger partial charge on any atom is -0.493 e. The van der Waals surface area contributed by atoms with Crippen LogP contribution in [0.4, 0.5) is 5.69 Å². The number of fused-ring (bicyclic) bond motifs is 1. The molecule has 0 saturated carbocycles. The molecule has 1 aromatic carbocycles. The third-order valence-electron chi connectivity index (χ3n) is 2.41. The van der Waals surface area contributed by atoms with E-state index in [1.54, 1.807) is 23.0 Å². The van der Waals surface area contributed by atoms with Gasteiger partial charge in [0.25, 0.3) is 0 Å². The molecule has 2 heterocycles. The molecule has 18 heavy (non-hydrogen) atoms. The Morgan fingerprint density at radius 2 is 2.28 bits per heavy atom. The van der Waals surface area contributed by atoms with Crippen molar-refractivity contribution in [2.24, 2.45) is 0 Å². The normalized spacial score (nSPS) is 11.0. The van der Waals surface area contributed by atoms with Crippen LogP contribution in [-0.4, -0.2) is 26.9 Å². The summed E-state index contributed by atoms with van der Waals surface area (Å²) >= 11 is 7.51. The number of methoxy groups -OCH3 is 1. The standard InChI is InChI=1S/C10H8ClN5OS/c1-17-8-6(11)2-5(3-7(8)12)9-15-16-4-13-14-10(16)18-9/h2-4H,12H2,1H3. The number of anilines is 1. The van der Waals surface area contributed by atoms with Gasteiger partial charge < -0.3 is 10.5 Å². The van der Waals surface area contributed by atoms with Crippen LogP contribution in [0.2, 0.25) is 5.02 Å². The zero-order chi connectivity index (χ0) is 12.7. The molecule has 0 bridgehead atoms. The van der Waals surface area contributed by atoms with Crippen LogP contribution >= 0.6 is 22.9 Å². The number of hydrogen-bond acceptors (Lipinski definition) is 6. The average Bonchev–Trinajstić information content (AvgIpc) is 2.88. The van der Waals surface area contributed by atoms with Gasteiger partial charge in [0.05, 0.1) is 17.8 Å². The lowest BCUT2D eigenvalue weighted by atomic mass is 10.2. The lowest BCUT2D eigenvalue weighted by Gasteiger charge is -2.07. The van der Waals surface area contributed by atoms with Gasteiger partial charge in [-0.1, -0.05) is 22.9 Å². The number of nitrogen functional groups attached to an aromatic ring is 1. The number of aromatic nitrogens is 4. The van der Waals surface area contributed by atoms with Crippen molar-refractivity contribution in [2.45, 2.75) is 0 Å². The first-order chi connectivity index (χ1) is 8.69. The van der Waals surface area contributed by atoms with Gasteiger partial charge >= 0.3 is 0 Å². The highest BCUT2D eigenvalue weighted by atomic mass is 35.5. The molecule has 0 aliphatic heterocycles. The van der Waals surface area contributed by atoms with Gasteiger partial charge in [-0.05, 0) is 12.1 Å². The topological polar surface area (TPSA) is 78.3 Å². The Morgan fingerprint density at radius 3 is 2.94 bits per heavy atom. The summed E-state index contributed by atoms with van der Waals surface area (Å²) in [5.41, 5.74) is 7.18. The Morgan fingerprint density at radius 1 is 1.44 bits per heavy atom. The van der Waals surface area contributed by atoms with E-state index in [0.29, 0.717) is 16.5 Å². The van der Waals surface area contributed by atoms with Crippen LogP contribution in [0.1, 0.15) is 0 Å². The molecule has 0 spiro atoms. The summed E-state index contributed by atoms with van der Waals surface area (Å²) in [5.74, 6) is 0.475. The Bertz CT molecular complexity index is 670. The number of rotatable bonds is 2. The Balaban J connectivity index is 2.14. The lowest BCUT2D eigenvalue weighted by molar-refractivity contribution is 0.417. The molecule has 8 heteroatoms. The number of halogens is 1. The van der Waals surface area contributed by atoms with Gasteiger partial charge in [0, 0.05) is 5.56 Å². The molecular weight excluding hydrogens is 274 g/mol. The fraction of sp³-hybridized carbons (Fsp3) is 0.100. The number of benzene rings is 1. The molecule has 2 N–H and O–H groups in total. The van der Waals surface area contributed by atoms with Gasteiger partial charge in [-0.2, -0.15) is 9.61 Å².